The van der Waals surface area contributed by atoms with Crippen LogP contribution in [0.25, 0.3) is 11.0 Å². The Morgan fingerprint density at radius 2 is 1.58 bits per heavy atom. The van der Waals surface area contributed by atoms with E-state index < -0.39 is 12.1 Å². The van der Waals surface area contributed by atoms with Crippen LogP contribution >= 0.6 is 0 Å². The Morgan fingerprint density at radius 1 is 0.930 bits per heavy atom. The summed E-state index contributed by atoms with van der Waals surface area (Å²) in [6.45, 7) is 1.97. The van der Waals surface area contributed by atoms with Gasteiger partial charge in [0, 0.05) is 12.6 Å². The molecule has 0 unspecified atom stereocenters. The van der Waals surface area contributed by atoms with E-state index in [-0.39, 0.29) is 24.4 Å². The molecule has 1 saturated carbocycles. The second kappa shape index (κ2) is 13.6. The second-order valence-corrected chi connectivity index (χ2v) is 10.9. The van der Waals surface area contributed by atoms with Gasteiger partial charge in [-0.1, -0.05) is 66.9 Å². The van der Waals surface area contributed by atoms with Crippen molar-refractivity contribution in [3.8, 4) is 17.2 Å². The van der Waals surface area contributed by atoms with Crippen LogP contribution in [-0.2, 0) is 16.1 Å². The molecule has 10 nitrogen and oxygen atoms in total. The number of nitrogens with one attached hydrogen (secondary N) is 1. The fourth-order valence-electron chi connectivity index (χ4n) is 5.85. The highest BCUT2D eigenvalue weighted by atomic mass is 16.5. The lowest BCUT2D eigenvalue weighted by Crippen LogP contribution is -2.48. The van der Waals surface area contributed by atoms with Crippen molar-refractivity contribution < 1.29 is 23.8 Å². The summed E-state index contributed by atoms with van der Waals surface area (Å²) in [6.07, 6.45) is 5.08. The van der Waals surface area contributed by atoms with E-state index in [9.17, 15) is 9.59 Å². The summed E-state index contributed by atoms with van der Waals surface area (Å²) in [5.74, 6) is 0.659. The molecule has 1 N–H and O–H groups in total. The van der Waals surface area contributed by atoms with E-state index in [0.717, 1.165) is 43.2 Å². The van der Waals surface area contributed by atoms with Crippen LogP contribution in [-0.4, -0.2) is 59.1 Å². The van der Waals surface area contributed by atoms with E-state index in [2.05, 4.69) is 15.6 Å². The fourth-order valence-corrected chi connectivity index (χ4v) is 5.85. The molecule has 0 spiro atoms. The Balaban J connectivity index is 1.63. The van der Waals surface area contributed by atoms with Gasteiger partial charge in [0.05, 0.1) is 26.8 Å². The minimum Gasteiger partial charge on any atom is -0.493 e. The van der Waals surface area contributed by atoms with E-state index in [4.69, 9.17) is 14.2 Å². The number of rotatable bonds is 11. The molecule has 1 aliphatic carbocycles. The van der Waals surface area contributed by atoms with Gasteiger partial charge in [-0.05, 0) is 55.2 Å². The molecule has 1 aliphatic rings. The number of amides is 2. The zero-order chi connectivity index (χ0) is 30.3. The first-order chi connectivity index (χ1) is 20.9. The van der Waals surface area contributed by atoms with E-state index >= 15 is 0 Å². The topological polar surface area (TPSA) is 108 Å². The first kappa shape index (κ1) is 29.9. The van der Waals surface area contributed by atoms with Crippen molar-refractivity contribution in [2.24, 2.45) is 0 Å². The van der Waals surface area contributed by atoms with Gasteiger partial charge in [0.25, 0.3) is 0 Å². The maximum atomic E-state index is 14.6. The number of carbonyl (C=O) groups is 2. The first-order valence-corrected chi connectivity index (χ1v) is 14.7. The lowest BCUT2D eigenvalue weighted by Gasteiger charge is -2.35. The van der Waals surface area contributed by atoms with Crippen LogP contribution in [0, 0.1) is 0 Å². The predicted octanol–water partition coefficient (Wildman–Crippen LogP) is 5.24. The largest absolute Gasteiger partial charge is 0.493 e. The van der Waals surface area contributed by atoms with Crippen LogP contribution in [0.15, 0.2) is 66.7 Å². The molecule has 0 aliphatic heterocycles. The molecule has 2 amide bonds. The number of fused-ring (bicyclic) bond motifs is 1. The maximum Gasteiger partial charge on any atom is 0.248 e. The minimum atomic E-state index is -0.999. The highest BCUT2D eigenvalue weighted by molar-refractivity contribution is 5.91. The quantitative estimate of drug-likeness (QED) is 0.257. The highest BCUT2D eigenvalue weighted by Crippen LogP contribution is 2.41. The van der Waals surface area contributed by atoms with Gasteiger partial charge in [-0.3, -0.25) is 9.59 Å². The van der Waals surface area contributed by atoms with Gasteiger partial charge in [0.2, 0.25) is 17.6 Å². The summed E-state index contributed by atoms with van der Waals surface area (Å²) >= 11 is 0. The lowest BCUT2D eigenvalue weighted by molar-refractivity contribution is -0.144. The van der Waals surface area contributed by atoms with Crippen molar-refractivity contribution in [1.82, 2.24) is 25.2 Å². The van der Waals surface area contributed by atoms with Gasteiger partial charge in [-0.2, -0.15) is 0 Å². The molecule has 0 bridgehead atoms. The van der Waals surface area contributed by atoms with Crippen molar-refractivity contribution in [3.05, 3.63) is 77.9 Å². The van der Waals surface area contributed by atoms with E-state index in [1.807, 2.05) is 54.6 Å². The summed E-state index contributed by atoms with van der Waals surface area (Å²) in [5, 5.41) is 11.8. The Bertz CT molecular complexity index is 1520. The van der Waals surface area contributed by atoms with Gasteiger partial charge in [-0.25, -0.2) is 4.68 Å². The Labute approximate surface area is 251 Å². The van der Waals surface area contributed by atoms with E-state index in [0.29, 0.717) is 28.3 Å². The fraction of sp³-hybridized carbons (Fsp3) is 0.394. The normalized spacial score (nSPS) is 15.0. The predicted molar refractivity (Wildman–Crippen MR) is 163 cm³/mol. The second-order valence-electron chi connectivity index (χ2n) is 10.9. The number of nitrogens with zero attached hydrogens (tertiary/aromatic N) is 4. The van der Waals surface area contributed by atoms with Crippen molar-refractivity contribution >= 4 is 22.8 Å². The third-order valence-corrected chi connectivity index (χ3v) is 8.09. The van der Waals surface area contributed by atoms with Crippen LogP contribution in [0.3, 0.4) is 0 Å². The smallest absolute Gasteiger partial charge is 0.248 e. The van der Waals surface area contributed by atoms with Crippen molar-refractivity contribution in [2.45, 2.75) is 63.7 Å². The van der Waals surface area contributed by atoms with Crippen LogP contribution < -0.4 is 19.5 Å². The number of hydrogen-bond donors (Lipinski definition) is 1. The minimum absolute atomic E-state index is 0.0381. The van der Waals surface area contributed by atoms with Crippen molar-refractivity contribution in [1.29, 1.82) is 0 Å². The average Bonchev–Trinajstić information content (AvgIpc) is 3.48. The molecule has 10 heteroatoms. The molecule has 5 rings (SSSR count). The highest BCUT2D eigenvalue weighted by Gasteiger charge is 2.37. The number of methoxy groups -OCH3 is 3. The number of benzene rings is 3. The SMILES string of the molecule is COc1cc([C@H](C(=O)NC2CCCCC2)N(Cc2ccccc2)C(=O)[C@H](C)n2nnc3ccccc32)cc(OC)c1OC. The number of ether oxygens (including phenoxy) is 3. The Kier molecular flexibility index (Phi) is 9.44. The molecule has 0 saturated heterocycles. The average molecular weight is 586 g/mol. The van der Waals surface area contributed by atoms with Gasteiger partial charge < -0.3 is 24.4 Å². The van der Waals surface area contributed by atoms with Crippen LogP contribution in [0.1, 0.15) is 62.2 Å². The molecule has 1 heterocycles. The number of para-hydroxylation sites is 1. The molecule has 0 radical (unpaired) electrons. The van der Waals surface area contributed by atoms with Crippen molar-refractivity contribution in [3.63, 3.8) is 0 Å². The summed E-state index contributed by atoms with van der Waals surface area (Å²) in [5.41, 5.74) is 2.85. The molecule has 3 aromatic carbocycles. The standard InChI is InChI=1S/C33H39N5O5/c1-22(38-27-18-12-11-17-26(27)35-36-38)33(40)37(21-23-13-7-5-8-14-23)30(32(39)34-25-15-9-6-10-16-25)24-19-28(41-2)31(43-4)29(20-24)42-3/h5,7-8,11-14,17-20,22,25,30H,6,9-10,15-16,21H2,1-4H3,(H,34,39)/t22-,30+/m0/s1. The molecule has 226 valence electrons. The summed E-state index contributed by atoms with van der Waals surface area (Å²) in [7, 11) is 4.59. The van der Waals surface area contributed by atoms with E-state index in [1.165, 1.54) is 21.3 Å². The molecular formula is C33H39N5O5. The molecule has 43 heavy (non-hydrogen) atoms. The zero-order valence-electron chi connectivity index (χ0n) is 25.2. The summed E-state index contributed by atoms with van der Waals surface area (Å²) in [4.78, 5) is 30.6. The molecular weight excluding hydrogens is 546 g/mol. The lowest BCUT2D eigenvalue weighted by atomic mass is 9.94. The van der Waals surface area contributed by atoms with Crippen LogP contribution in [0.5, 0.6) is 17.2 Å². The Morgan fingerprint density at radius 3 is 2.23 bits per heavy atom. The van der Waals surface area contributed by atoms with Gasteiger partial charge >= 0.3 is 0 Å². The van der Waals surface area contributed by atoms with Gasteiger partial charge in [0.1, 0.15) is 17.6 Å². The number of hydrogen-bond acceptors (Lipinski definition) is 7. The van der Waals surface area contributed by atoms with Crippen LogP contribution in [0.2, 0.25) is 0 Å². The van der Waals surface area contributed by atoms with Crippen molar-refractivity contribution in [2.75, 3.05) is 21.3 Å². The number of aromatic nitrogens is 3. The van der Waals surface area contributed by atoms with E-state index in [1.54, 1.807) is 28.6 Å². The maximum absolute atomic E-state index is 14.6. The third kappa shape index (κ3) is 6.43. The first-order valence-electron chi connectivity index (χ1n) is 14.7. The molecule has 1 aromatic heterocycles. The van der Waals surface area contributed by atoms with Crippen LogP contribution in [0.4, 0.5) is 0 Å². The summed E-state index contributed by atoms with van der Waals surface area (Å²) < 4.78 is 18.5. The molecule has 2 atom stereocenters. The summed E-state index contributed by atoms with van der Waals surface area (Å²) in [6, 6.07) is 18.9. The monoisotopic (exact) mass is 585 g/mol. The zero-order valence-corrected chi connectivity index (χ0v) is 25.2. The number of carbonyl (C=O) groups excluding carboxylic acids is 2. The third-order valence-electron chi connectivity index (χ3n) is 8.09. The Hall–Kier alpha value is -4.60. The van der Waals surface area contributed by atoms with Gasteiger partial charge in [0.15, 0.2) is 11.5 Å². The molecule has 1 fully saturated rings. The van der Waals surface area contributed by atoms with Gasteiger partial charge in [-0.15, -0.1) is 5.10 Å². The molecule has 4 aromatic rings.